The van der Waals surface area contributed by atoms with Crippen molar-refractivity contribution < 1.29 is 5.11 Å². The number of hydrogen-bond acceptors (Lipinski definition) is 4. The van der Waals surface area contributed by atoms with E-state index in [1.165, 1.54) is 44.9 Å². The largest absolute Gasteiger partial charge is 0.390 e. The summed E-state index contributed by atoms with van der Waals surface area (Å²) >= 11 is 0. The number of fused-ring (bicyclic) bond motifs is 5. The Balaban J connectivity index is 1.33. The first-order chi connectivity index (χ1) is 14.7. The summed E-state index contributed by atoms with van der Waals surface area (Å²) in [6.45, 7) is 12.7. The van der Waals surface area contributed by atoms with Crippen LogP contribution in [0, 0.1) is 53.3 Å². The first kappa shape index (κ1) is 21.9. The predicted molar refractivity (Wildman–Crippen MR) is 122 cm³/mol. The van der Waals surface area contributed by atoms with Crippen LogP contribution in [0.1, 0.15) is 97.7 Å². The number of tetrazole rings is 1. The molecule has 0 aromatic carbocycles. The summed E-state index contributed by atoms with van der Waals surface area (Å²) in [6, 6.07) is 0. The summed E-state index contributed by atoms with van der Waals surface area (Å²) in [7, 11) is 0. The molecule has 4 aliphatic rings. The van der Waals surface area contributed by atoms with Gasteiger partial charge < -0.3 is 5.11 Å². The molecule has 31 heavy (non-hydrogen) atoms. The topological polar surface area (TPSA) is 63.8 Å². The summed E-state index contributed by atoms with van der Waals surface area (Å²) in [5.41, 5.74) is 0.539. The van der Waals surface area contributed by atoms with E-state index < -0.39 is 0 Å². The number of aliphatic hydroxyl groups is 1. The second-order valence-corrected chi connectivity index (χ2v) is 12.5. The Morgan fingerprint density at radius 3 is 2.52 bits per heavy atom. The van der Waals surface area contributed by atoms with Crippen LogP contribution in [-0.4, -0.2) is 30.9 Å². The van der Waals surface area contributed by atoms with Crippen LogP contribution in [0.2, 0.25) is 0 Å². The van der Waals surface area contributed by atoms with E-state index in [0.29, 0.717) is 16.7 Å². The Morgan fingerprint density at radius 1 is 1.03 bits per heavy atom. The van der Waals surface area contributed by atoms with E-state index in [9.17, 15) is 5.11 Å². The molecule has 1 aromatic heterocycles. The van der Waals surface area contributed by atoms with Gasteiger partial charge in [-0.1, -0.05) is 27.7 Å². The van der Waals surface area contributed by atoms with E-state index >= 15 is 0 Å². The first-order valence-electron chi connectivity index (χ1n) is 13.2. The molecule has 1 N–H and O–H groups in total. The molecule has 1 heterocycles. The fourth-order valence-corrected chi connectivity index (χ4v) is 9.40. The predicted octanol–water partition coefficient (Wildman–Crippen LogP) is 5.42. The van der Waals surface area contributed by atoms with Gasteiger partial charge in [0.2, 0.25) is 0 Å². The van der Waals surface area contributed by atoms with Crippen molar-refractivity contribution in [2.24, 2.45) is 46.3 Å². The molecule has 5 rings (SSSR count). The minimum absolute atomic E-state index is 0.387. The zero-order valence-electron chi connectivity index (χ0n) is 20.5. The van der Waals surface area contributed by atoms with Crippen molar-refractivity contribution in [2.45, 2.75) is 111 Å². The second kappa shape index (κ2) is 7.53. The minimum atomic E-state index is -0.387. The van der Waals surface area contributed by atoms with E-state index in [4.69, 9.17) is 0 Å². The van der Waals surface area contributed by atoms with E-state index in [1.807, 2.05) is 11.7 Å². The summed E-state index contributed by atoms with van der Waals surface area (Å²) in [4.78, 5) is 1.82. The van der Waals surface area contributed by atoms with Crippen LogP contribution in [0.15, 0.2) is 0 Å². The lowest BCUT2D eigenvalue weighted by atomic mass is 9.43. The summed E-state index contributed by atoms with van der Waals surface area (Å²) in [5.74, 6) is 5.53. The van der Waals surface area contributed by atoms with Crippen molar-refractivity contribution in [3.05, 3.63) is 5.82 Å². The van der Waals surface area contributed by atoms with Crippen LogP contribution >= 0.6 is 0 Å². The quantitative estimate of drug-likeness (QED) is 0.696. The van der Waals surface area contributed by atoms with Crippen LogP contribution in [0.25, 0.3) is 0 Å². The van der Waals surface area contributed by atoms with Crippen molar-refractivity contribution in [1.82, 2.24) is 20.2 Å². The zero-order chi connectivity index (χ0) is 22.0. The number of aryl methyl sites for hydroxylation is 1. The molecule has 4 fully saturated rings. The molecule has 0 radical (unpaired) electrons. The molecular formula is C26H44N4O. The van der Waals surface area contributed by atoms with Crippen LogP contribution in [-0.2, 0) is 6.54 Å². The van der Waals surface area contributed by atoms with Gasteiger partial charge in [0.15, 0.2) is 5.82 Å². The van der Waals surface area contributed by atoms with Gasteiger partial charge in [0.05, 0.1) is 12.1 Å². The molecule has 5 nitrogen and oxygen atoms in total. The Labute approximate surface area is 188 Å². The lowest BCUT2D eigenvalue weighted by Gasteiger charge is -2.62. The van der Waals surface area contributed by atoms with Crippen molar-refractivity contribution in [3.8, 4) is 0 Å². The molecule has 0 spiro atoms. The standard InChI is InChI=1S/C26H44N4O/c1-6-26(31)14-13-24(4)19(15-26)7-8-20-22-10-9-21(25(22,5)12-11-23(20)24)17(2)16-30-28-18(3)27-29-30/h17,19-23,31H,6-16H2,1-5H3/t17?,19-,20-,21+,22-,23-,24-,25+,26+/m0/s1. The third-order valence-electron chi connectivity index (χ3n) is 11.2. The summed E-state index contributed by atoms with van der Waals surface area (Å²) in [5, 5.41) is 23.8. The third-order valence-corrected chi connectivity index (χ3v) is 11.2. The van der Waals surface area contributed by atoms with Gasteiger partial charge in [-0.2, -0.15) is 4.80 Å². The Bertz CT molecular complexity index is 809. The fourth-order valence-electron chi connectivity index (χ4n) is 9.40. The van der Waals surface area contributed by atoms with E-state index in [-0.39, 0.29) is 5.60 Å². The fraction of sp³-hybridized carbons (Fsp3) is 0.962. The molecule has 0 saturated heterocycles. The maximum atomic E-state index is 11.0. The molecule has 9 atom stereocenters. The van der Waals surface area contributed by atoms with Crippen molar-refractivity contribution in [1.29, 1.82) is 0 Å². The van der Waals surface area contributed by atoms with Crippen LogP contribution in [0.3, 0.4) is 0 Å². The van der Waals surface area contributed by atoms with Gasteiger partial charge >= 0.3 is 0 Å². The van der Waals surface area contributed by atoms with Gasteiger partial charge in [0.1, 0.15) is 0 Å². The van der Waals surface area contributed by atoms with Gasteiger partial charge in [0.25, 0.3) is 0 Å². The molecule has 0 amide bonds. The Hall–Kier alpha value is -0.970. The van der Waals surface area contributed by atoms with Gasteiger partial charge in [-0.3, -0.25) is 0 Å². The van der Waals surface area contributed by atoms with Gasteiger partial charge in [0, 0.05) is 0 Å². The monoisotopic (exact) mass is 428 g/mol. The van der Waals surface area contributed by atoms with Crippen molar-refractivity contribution >= 4 is 0 Å². The molecule has 1 aromatic rings. The lowest BCUT2D eigenvalue weighted by Crippen LogP contribution is -2.56. The SMILES string of the molecule is CC[C@@]1(O)CC[C@@]2(C)[C@@H](CC[C@@H]3[C@@H]2CC[C@]2(C)[C@@H](C(C)Cn4nnc(C)n4)CC[C@@H]32)C1. The number of nitrogens with zero attached hydrogens (tertiary/aromatic N) is 4. The summed E-state index contributed by atoms with van der Waals surface area (Å²) in [6.07, 6.45) is 12.5. The minimum Gasteiger partial charge on any atom is -0.390 e. The normalized spacial score (nSPS) is 48.0. The van der Waals surface area contributed by atoms with E-state index in [0.717, 1.165) is 61.2 Å². The van der Waals surface area contributed by atoms with Crippen LogP contribution < -0.4 is 0 Å². The highest BCUT2D eigenvalue weighted by Gasteiger charge is 2.61. The first-order valence-corrected chi connectivity index (χ1v) is 13.2. The maximum Gasteiger partial charge on any atom is 0.171 e. The average Bonchev–Trinajstić information content (AvgIpc) is 3.31. The summed E-state index contributed by atoms with van der Waals surface area (Å²) < 4.78 is 0. The molecule has 4 aliphatic carbocycles. The smallest absolute Gasteiger partial charge is 0.171 e. The molecule has 0 bridgehead atoms. The number of hydrogen-bond donors (Lipinski definition) is 1. The molecule has 174 valence electrons. The van der Waals surface area contributed by atoms with E-state index in [1.54, 1.807) is 0 Å². The van der Waals surface area contributed by atoms with Gasteiger partial charge in [-0.25, -0.2) is 0 Å². The molecule has 4 saturated carbocycles. The van der Waals surface area contributed by atoms with Crippen LogP contribution in [0.4, 0.5) is 0 Å². The highest BCUT2D eigenvalue weighted by atomic mass is 16.3. The number of aromatic nitrogens is 4. The molecular weight excluding hydrogens is 384 g/mol. The molecule has 1 unspecified atom stereocenters. The van der Waals surface area contributed by atoms with E-state index in [2.05, 4.69) is 43.1 Å². The maximum absolute atomic E-state index is 11.0. The second-order valence-electron chi connectivity index (χ2n) is 12.5. The molecule has 5 heteroatoms. The van der Waals surface area contributed by atoms with Crippen LogP contribution in [0.5, 0.6) is 0 Å². The lowest BCUT2D eigenvalue weighted by molar-refractivity contribution is -0.152. The highest BCUT2D eigenvalue weighted by Crippen LogP contribution is 2.68. The Morgan fingerprint density at radius 2 is 1.81 bits per heavy atom. The van der Waals surface area contributed by atoms with Gasteiger partial charge in [-0.05, 0) is 123 Å². The zero-order valence-corrected chi connectivity index (χ0v) is 20.5. The molecule has 0 aliphatic heterocycles. The van der Waals surface area contributed by atoms with Gasteiger partial charge in [-0.15, -0.1) is 10.2 Å². The van der Waals surface area contributed by atoms with Crippen molar-refractivity contribution in [2.75, 3.05) is 0 Å². The highest BCUT2D eigenvalue weighted by molar-refractivity contribution is 5.10. The number of rotatable bonds is 4. The Kier molecular flexibility index (Phi) is 5.31. The third kappa shape index (κ3) is 3.40. The van der Waals surface area contributed by atoms with Crippen molar-refractivity contribution in [3.63, 3.8) is 0 Å². The average molecular weight is 429 g/mol.